The summed E-state index contributed by atoms with van der Waals surface area (Å²) in [5.41, 5.74) is -0.0466. The molecule has 1 aromatic heterocycles. The second-order valence-electron chi connectivity index (χ2n) is 3.83. The lowest BCUT2D eigenvalue weighted by Gasteiger charge is -2.18. The lowest BCUT2D eigenvalue weighted by Crippen LogP contribution is -2.31. The Kier molecular flexibility index (Phi) is 4.80. The van der Waals surface area contributed by atoms with Gasteiger partial charge in [-0.2, -0.15) is 0 Å². The number of alkyl halides is 1. The third-order valence-corrected chi connectivity index (χ3v) is 2.68. The van der Waals surface area contributed by atoms with E-state index in [0.29, 0.717) is 12.4 Å². The molecule has 0 spiro atoms. The fourth-order valence-electron chi connectivity index (χ4n) is 1.42. The van der Waals surface area contributed by atoms with Crippen LogP contribution in [0.4, 0.5) is 5.82 Å². The van der Waals surface area contributed by atoms with Crippen molar-refractivity contribution < 1.29 is 0 Å². The molecule has 0 fully saturated rings. The smallest absolute Gasteiger partial charge is 0.293 e. The predicted molar refractivity (Wildman–Crippen MR) is 67.4 cm³/mol. The van der Waals surface area contributed by atoms with Crippen molar-refractivity contribution in [2.45, 2.75) is 32.2 Å². The van der Waals surface area contributed by atoms with Gasteiger partial charge in [-0.3, -0.25) is 4.79 Å². The molecule has 1 heterocycles. The van der Waals surface area contributed by atoms with Gasteiger partial charge in [0.05, 0.1) is 0 Å². The van der Waals surface area contributed by atoms with Gasteiger partial charge in [0.15, 0.2) is 5.82 Å². The number of aromatic nitrogens is 2. The van der Waals surface area contributed by atoms with Crippen LogP contribution in [0.3, 0.4) is 0 Å². The summed E-state index contributed by atoms with van der Waals surface area (Å²) in [5.74, 6) is 0.488. The fraction of sp³-hybridized carbons (Fsp3) is 0.636. The SMILES string of the molecule is CCn1ccnc(N(C)CCC(C)Cl)c1=O. The summed E-state index contributed by atoms with van der Waals surface area (Å²) in [6.45, 7) is 5.28. The maximum absolute atomic E-state index is 11.9. The molecule has 1 unspecified atom stereocenters. The van der Waals surface area contributed by atoms with Crippen LogP contribution in [0.2, 0.25) is 0 Å². The topological polar surface area (TPSA) is 38.1 Å². The van der Waals surface area contributed by atoms with Gasteiger partial charge in [-0.25, -0.2) is 4.98 Å². The van der Waals surface area contributed by atoms with Crippen molar-refractivity contribution in [2.75, 3.05) is 18.5 Å². The molecule has 1 atom stereocenters. The molecule has 1 rings (SSSR count). The molecule has 0 radical (unpaired) electrons. The van der Waals surface area contributed by atoms with Crippen molar-refractivity contribution in [2.24, 2.45) is 0 Å². The average Bonchev–Trinajstić information content (AvgIpc) is 2.26. The van der Waals surface area contributed by atoms with Crippen LogP contribution in [0.5, 0.6) is 0 Å². The van der Waals surface area contributed by atoms with E-state index in [9.17, 15) is 4.79 Å². The standard InChI is InChI=1S/C11H18ClN3O/c1-4-15-8-6-13-10(11(15)16)14(3)7-5-9(2)12/h6,8-9H,4-5,7H2,1-3H3. The quantitative estimate of drug-likeness (QED) is 0.739. The molecule has 0 aromatic carbocycles. The van der Waals surface area contributed by atoms with E-state index in [1.165, 1.54) is 0 Å². The van der Waals surface area contributed by atoms with Gasteiger partial charge in [-0.1, -0.05) is 0 Å². The summed E-state index contributed by atoms with van der Waals surface area (Å²) < 4.78 is 1.64. The molecule has 0 N–H and O–H groups in total. The van der Waals surface area contributed by atoms with E-state index in [-0.39, 0.29) is 10.9 Å². The normalized spacial score (nSPS) is 12.5. The maximum atomic E-state index is 11.9. The van der Waals surface area contributed by atoms with Crippen molar-refractivity contribution in [3.63, 3.8) is 0 Å². The molecular weight excluding hydrogens is 226 g/mol. The molecule has 0 aliphatic carbocycles. The average molecular weight is 244 g/mol. The summed E-state index contributed by atoms with van der Waals surface area (Å²) in [6, 6.07) is 0. The number of hydrogen-bond donors (Lipinski definition) is 0. The Labute approximate surface area is 101 Å². The Balaban J connectivity index is 2.83. The van der Waals surface area contributed by atoms with Crippen LogP contribution in [-0.2, 0) is 6.54 Å². The zero-order chi connectivity index (χ0) is 12.1. The summed E-state index contributed by atoms with van der Waals surface area (Å²) in [4.78, 5) is 17.9. The molecule has 0 saturated carbocycles. The monoisotopic (exact) mass is 243 g/mol. The first-order chi connectivity index (χ1) is 7.56. The second kappa shape index (κ2) is 5.89. The molecule has 1 aromatic rings. The first-order valence-corrected chi connectivity index (χ1v) is 5.90. The summed E-state index contributed by atoms with van der Waals surface area (Å²) in [6.07, 6.45) is 4.19. The Morgan fingerprint density at radius 1 is 1.62 bits per heavy atom. The molecule has 0 aliphatic rings. The molecule has 90 valence electrons. The Bertz CT molecular complexity index is 389. The fourth-order valence-corrected chi connectivity index (χ4v) is 1.52. The van der Waals surface area contributed by atoms with E-state index >= 15 is 0 Å². The lowest BCUT2D eigenvalue weighted by atomic mass is 10.3. The number of halogens is 1. The minimum Gasteiger partial charge on any atom is -0.355 e. The zero-order valence-corrected chi connectivity index (χ0v) is 10.7. The summed E-state index contributed by atoms with van der Waals surface area (Å²) >= 11 is 5.88. The second-order valence-corrected chi connectivity index (χ2v) is 4.58. The van der Waals surface area contributed by atoms with Crippen molar-refractivity contribution in [3.05, 3.63) is 22.7 Å². The Morgan fingerprint density at radius 3 is 2.88 bits per heavy atom. The van der Waals surface area contributed by atoms with E-state index in [1.54, 1.807) is 17.0 Å². The molecule has 16 heavy (non-hydrogen) atoms. The third-order valence-electron chi connectivity index (χ3n) is 2.46. The minimum atomic E-state index is -0.0466. The van der Waals surface area contributed by atoms with Gasteiger partial charge in [-0.05, 0) is 20.3 Å². The van der Waals surface area contributed by atoms with E-state index < -0.39 is 0 Å². The minimum absolute atomic E-state index is 0.0466. The van der Waals surface area contributed by atoms with E-state index in [2.05, 4.69) is 4.98 Å². The highest BCUT2D eigenvalue weighted by Gasteiger charge is 2.09. The molecule has 0 aliphatic heterocycles. The largest absolute Gasteiger partial charge is 0.355 e. The Hall–Kier alpha value is -1.03. The van der Waals surface area contributed by atoms with Crippen LogP contribution < -0.4 is 10.5 Å². The van der Waals surface area contributed by atoms with Gasteiger partial charge >= 0.3 is 0 Å². The van der Waals surface area contributed by atoms with Gasteiger partial charge in [0.2, 0.25) is 0 Å². The number of hydrogen-bond acceptors (Lipinski definition) is 3. The van der Waals surface area contributed by atoms with Crippen LogP contribution >= 0.6 is 11.6 Å². The van der Waals surface area contributed by atoms with Crippen molar-refractivity contribution in [1.82, 2.24) is 9.55 Å². The highest BCUT2D eigenvalue weighted by Crippen LogP contribution is 2.05. The van der Waals surface area contributed by atoms with Gasteiger partial charge in [0.1, 0.15) is 0 Å². The lowest BCUT2D eigenvalue weighted by molar-refractivity contribution is 0.699. The zero-order valence-electron chi connectivity index (χ0n) is 9.98. The maximum Gasteiger partial charge on any atom is 0.293 e. The van der Waals surface area contributed by atoms with Crippen LogP contribution in [-0.4, -0.2) is 28.5 Å². The van der Waals surface area contributed by atoms with Crippen LogP contribution in [0, 0.1) is 0 Å². The number of aryl methyl sites for hydroxylation is 1. The summed E-state index contributed by atoms with van der Waals surface area (Å²) in [7, 11) is 1.86. The van der Waals surface area contributed by atoms with Crippen molar-refractivity contribution in [3.8, 4) is 0 Å². The molecule has 5 heteroatoms. The molecular formula is C11H18ClN3O. The van der Waals surface area contributed by atoms with Crippen LogP contribution in [0.1, 0.15) is 20.3 Å². The number of nitrogens with zero attached hydrogens (tertiary/aromatic N) is 3. The molecule has 0 saturated heterocycles. The Morgan fingerprint density at radius 2 is 2.31 bits per heavy atom. The first-order valence-electron chi connectivity index (χ1n) is 5.47. The van der Waals surface area contributed by atoms with Crippen molar-refractivity contribution >= 4 is 17.4 Å². The molecule has 0 amide bonds. The highest BCUT2D eigenvalue weighted by atomic mass is 35.5. The predicted octanol–water partition coefficient (Wildman–Crippen LogP) is 1.72. The van der Waals surface area contributed by atoms with E-state index in [0.717, 1.165) is 13.0 Å². The molecule has 0 bridgehead atoms. The number of anilines is 1. The van der Waals surface area contributed by atoms with Gasteiger partial charge in [-0.15, -0.1) is 11.6 Å². The first kappa shape index (κ1) is 13.0. The van der Waals surface area contributed by atoms with E-state index in [4.69, 9.17) is 11.6 Å². The third kappa shape index (κ3) is 3.23. The van der Waals surface area contributed by atoms with Crippen LogP contribution in [0.25, 0.3) is 0 Å². The molecule has 4 nitrogen and oxygen atoms in total. The van der Waals surface area contributed by atoms with Gasteiger partial charge < -0.3 is 9.47 Å². The van der Waals surface area contributed by atoms with E-state index in [1.807, 2.05) is 25.8 Å². The van der Waals surface area contributed by atoms with Gasteiger partial charge in [0, 0.05) is 37.9 Å². The highest BCUT2D eigenvalue weighted by molar-refractivity contribution is 6.20. The number of rotatable bonds is 5. The van der Waals surface area contributed by atoms with Crippen molar-refractivity contribution in [1.29, 1.82) is 0 Å². The van der Waals surface area contributed by atoms with Crippen LogP contribution in [0.15, 0.2) is 17.2 Å². The van der Waals surface area contributed by atoms with Gasteiger partial charge in [0.25, 0.3) is 5.56 Å². The summed E-state index contributed by atoms with van der Waals surface area (Å²) in [5, 5.41) is 0.111.